The van der Waals surface area contributed by atoms with Gasteiger partial charge in [-0.1, -0.05) is 30.4 Å². The predicted molar refractivity (Wildman–Crippen MR) is 125 cm³/mol. The lowest BCUT2D eigenvalue weighted by atomic mass is 9.95. The monoisotopic (exact) mass is 432 g/mol. The first-order valence-corrected chi connectivity index (χ1v) is 11.6. The predicted octanol–water partition coefficient (Wildman–Crippen LogP) is 6.03. The van der Waals surface area contributed by atoms with Gasteiger partial charge < -0.3 is 9.64 Å². The highest BCUT2D eigenvalue weighted by atomic mass is 32.1. The minimum atomic E-state index is 0.0315. The lowest BCUT2D eigenvalue weighted by molar-refractivity contribution is 0.0732. The summed E-state index contributed by atoms with van der Waals surface area (Å²) in [6.45, 7) is 3.73. The highest BCUT2D eigenvalue weighted by molar-refractivity contribution is 7.13. The molecule has 1 amide bonds. The SMILES string of the molecule is Cc1ccc(C(=O)N(Cc2cccc(OC[C@@H]3CC=CCC3)c2)Cc2ccccn2)s1. The van der Waals surface area contributed by atoms with Crippen LogP contribution in [-0.4, -0.2) is 22.4 Å². The Bertz CT molecular complexity index is 1030. The van der Waals surface area contributed by atoms with Gasteiger partial charge in [0.1, 0.15) is 5.75 Å². The van der Waals surface area contributed by atoms with Crippen LogP contribution in [0, 0.1) is 12.8 Å². The van der Waals surface area contributed by atoms with E-state index in [0.29, 0.717) is 19.0 Å². The van der Waals surface area contributed by atoms with Crippen LogP contribution in [0.3, 0.4) is 0 Å². The van der Waals surface area contributed by atoms with E-state index < -0.39 is 0 Å². The Morgan fingerprint density at radius 2 is 2.06 bits per heavy atom. The van der Waals surface area contributed by atoms with Gasteiger partial charge in [0.05, 0.1) is 23.7 Å². The minimum Gasteiger partial charge on any atom is -0.493 e. The minimum absolute atomic E-state index is 0.0315. The van der Waals surface area contributed by atoms with E-state index in [1.807, 2.05) is 54.3 Å². The highest BCUT2D eigenvalue weighted by Crippen LogP contribution is 2.23. The number of thiophene rings is 1. The van der Waals surface area contributed by atoms with Crippen LogP contribution in [0.25, 0.3) is 0 Å². The molecule has 0 radical (unpaired) electrons. The number of benzene rings is 1. The largest absolute Gasteiger partial charge is 0.493 e. The van der Waals surface area contributed by atoms with E-state index in [1.54, 1.807) is 6.20 Å². The number of ether oxygens (including phenoxy) is 1. The molecule has 31 heavy (non-hydrogen) atoms. The first-order chi connectivity index (χ1) is 15.2. The number of hydrogen-bond donors (Lipinski definition) is 0. The summed E-state index contributed by atoms with van der Waals surface area (Å²) >= 11 is 1.53. The van der Waals surface area contributed by atoms with E-state index in [2.05, 4.69) is 29.3 Å². The molecular weight excluding hydrogens is 404 g/mol. The standard InChI is InChI=1S/C26H28N2O2S/c1-20-13-14-25(31-20)26(29)28(18-23-11-5-6-15-27-23)17-22-10-7-12-24(16-22)30-19-21-8-3-2-4-9-21/h2-3,5-7,10-16,21H,4,8-9,17-19H2,1H3/t21-/m1/s1. The van der Waals surface area contributed by atoms with Gasteiger partial charge in [0.2, 0.25) is 0 Å². The molecule has 2 aromatic heterocycles. The van der Waals surface area contributed by atoms with Crippen LogP contribution in [0.4, 0.5) is 0 Å². The Hall–Kier alpha value is -2.92. The van der Waals surface area contributed by atoms with E-state index in [0.717, 1.165) is 46.2 Å². The lowest BCUT2D eigenvalue weighted by Gasteiger charge is -2.23. The summed E-state index contributed by atoms with van der Waals surface area (Å²) < 4.78 is 6.09. The molecule has 0 fully saturated rings. The van der Waals surface area contributed by atoms with Crippen LogP contribution in [-0.2, 0) is 13.1 Å². The fourth-order valence-corrected chi connectivity index (χ4v) is 4.60. The number of aryl methyl sites for hydroxylation is 1. The molecule has 2 heterocycles. The number of aromatic nitrogens is 1. The quantitative estimate of drug-likeness (QED) is 0.408. The summed E-state index contributed by atoms with van der Waals surface area (Å²) in [5, 5.41) is 0. The number of hydrogen-bond acceptors (Lipinski definition) is 4. The van der Waals surface area contributed by atoms with Crippen molar-refractivity contribution in [1.29, 1.82) is 0 Å². The van der Waals surface area contributed by atoms with Gasteiger partial charge in [-0.2, -0.15) is 0 Å². The molecule has 1 aromatic carbocycles. The number of nitrogens with zero attached hydrogens (tertiary/aromatic N) is 2. The normalized spacial score (nSPS) is 15.6. The molecule has 0 N–H and O–H groups in total. The number of carbonyl (C=O) groups excluding carboxylic acids is 1. The molecule has 160 valence electrons. The molecule has 1 aliphatic carbocycles. The van der Waals surface area contributed by atoms with Crippen molar-refractivity contribution in [2.75, 3.05) is 6.61 Å². The third-order valence-electron chi connectivity index (χ3n) is 5.45. The van der Waals surface area contributed by atoms with E-state index in [4.69, 9.17) is 4.74 Å². The van der Waals surface area contributed by atoms with Gasteiger partial charge in [-0.15, -0.1) is 11.3 Å². The number of pyridine rings is 1. The lowest BCUT2D eigenvalue weighted by Crippen LogP contribution is -2.30. The maximum absolute atomic E-state index is 13.3. The molecule has 0 saturated heterocycles. The van der Waals surface area contributed by atoms with E-state index in [-0.39, 0.29) is 5.91 Å². The Morgan fingerprint density at radius 3 is 2.81 bits per heavy atom. The second-order valence-corrected chi connectivity index (χ2v) is 9.29. The van der Waals surface area contributed by atoms with Crippen molar-refractivity contribution in [1.82, 2.24) is 9.88 Å². The van der Waals surface area contributed by atoms with Crippen molar-refractivity contribution in [3.05, 3.63) is 94.0 Å². The van der Waals surface area contributed by atoms with Crippen molar-refractivity contribution in [2.45, 2.75) is 39.3 Å². The van der Waals surface area contributed by atoms with E-state index in [1.165, 1.54) is 17.8 Å². The summed E-state index contributed by atoms with van der Waals surface area (Å²) in [6, 6.07) is 17.8. The first kappa shape index (κ1) is 21.3. The van der Waals surface area contributed by atoms with E-state index >= 15 is 0 Å². The summed E-state index contributed by atoms with van der Waals surface area (Å²) in [4.78, 5) is 21.4. The Labute approximate surface area is 188 Å². The van der Waals surface area contributed by atoms with Crippen LogP contribution in [0.5, 0.6) is 5.75 Å². The van der Waals surface area contributed by atoms with Crippen molar-refractivity contribution in [3.63, 3.8) is 0 Å². The zero-order chi connectivity index (χ0) is 21.5. The number of rotatable bonds is 8. The van der Waals surface area contributed by atoms with E-state index in [9.17, 15) is 4.79 Å². The smallest absolute Gasteiger partial charge is 0.264 e. The van der Waals surface area contributed by atoms with Crippen LogP contribution in [0.15, 0.2) is 72.9 Å². The van der Waals surface area contributed by atoms with Gasteiger partial charge in [-0.3, -0.25) is 9.78 Å². The maximum Gasteiger partial charge on any atom is 0.264 e. The van der Waals surface area contributed by atoms with Gasteiger partial charge in [-0.05, 0) is 74.1 Å². The summed E-state index contributed by atoms with van der Waals surface area (Å²) in [5.41, 5.74) is 1.93. The molecule has 0 saturated carbocycles. The Balaban J connectivity index is 1.47. The van der Waals surface area contributed by atoms with Crippen molar-refractivity contribution in [2.24, 2.45) is 5.92 Å². The van der Waals surface area contributed by atoms with Gasteiger partial charge in [0, 0.05) is 17.6 Å². The van der Waals surface area contributed by atoms with Crippen LogP contribution in [0.1, 0.15) is 45.1 Å². The van der Waals surface area contributed by atoms with Gasteiger partial charge in [0.15, 0.2) is 0 Å². The third-order valence-corrected chi connectivity index (χ3v) is 6.44. The molecule has 3 aromatic rings. The zero-order valence-electron chi connectivity index (χ0n) is 17.9. The zero-order valence-corrected chi connectivity index (χ0v) is 18.7. The van der Waals surface area contributed by atoms with Crippen LogP contribution < -0.4 is 4.74 Å². The van der Waals surface area contributed by atoms with Crippen molar-refractivity contribution < 1.29 is 9.53 Å². The first-order valence-electron chi connectivity index (χ1n) is 10.8. The fraction of sp³-hybridized carbons (Fsp3) is 0.308. The van der Waals surface area contributed by atoms with Crippen LogP contribution >= 0.6 is 11.3 Å². The average Bonchev–Trinajstić information content (AvgIpc) is 3.25. The Morgan fingerprint density at radius 1 is 1.13 bits per heavy atom. The summed E-state index contributed by atoms with van der Waals surface area (Å²) in [5.74, 6) is 1.48. The van der Waals surface area contributed by atoms with Gasteiger partial charge in [-0.25, -0.2) is 0 Å². The Kier molecular flexibility index (Phi) is 7.15. The number of carbonyl (C=O) groups is 1. The molecule has 1 aliphatic rings. The molecule has 4 nitrogen and oxygen atoms in total. The van der Waals surface area contributed by atoms with Crippen molar-refractivity contribution in [3.8, 4) is 5.75 Å². The topological polar surface area (TPSA) is 42.4 Å². The molecule has 1 atom stereocenters. The highest BCUT2D eigenvalue weighted by Gasteiger charge is 2.19. The summed E-state index contributed by atoms with van der Waals surface area (Å²) in [7, 11) is 0. The second-order valence-electron chi connectivity index (χ2n) is 8.00. The van der Waals surface area contributed by atoms with Gasteiger partial charge in [0.25, 0.3) is 5.91 Å². The summed E-state index contributed by atoms with van der Waals surface area (Å²) in [6.07, 6.45) is 9.68. The maximum atomic E-state index is 13.3. The number of allylic oxidation sites excluding steroid dienone is 2. The van der Waals surface area contributed by atoms with Gasteiger partial charge >= 0.3 is 0 Å². The molecule has 0 aliphatic heterocycles. The molecule has 0 bridgehead atoms. The second kappa shape index (κ2) is 10.4. The molecular formula is C26H28N2O2S. The third kappa shape index (κ3) is 6.05. The molecule has 0 spiro atoms. The molecule has 5 heteroatoms. The number of amides is 1. The van der Waals surface area contributed by atoms with Crippen molar-refractivity contribution >= 4 is 17.2 Å². The fourth-order valence-electron chi connectivity index (χ4n) is 3.77. The van der Waals surface area contributed by atoms with Crippen LogP contribution in [0.2, 0.25) is 0 Å². The molecule has 0 unspecified atom stereocenters. The molecule has 4 rings (SSSR count). The average molecular weight is 433 g/mol.